The predicted octanol–water partition coefficient (Wildman–Crippen LogP) is 1.39. The SMILES string of the molecule is CN(CC(=O)NC(C)(C)C)C(=O)c1cc(F)ccc1N. The third-order valence-corrected chi connectivity index (χ3v) is 2.49. The van der Waals surface area contributed by atoms with Gasteiger partial charge in [0, 0.05) is 18.3 Å². The molecule has 0 aromatic heterocycles. The summed E-state index contributed by atoms with van der Waals surface area (Å²) in [5.74, 6) is -1.33. The number of amides is 2. The van der Waals surface area contributed by atoms with Gasteiger partial charge in [0.1, 0.15) is 5.82 Å². The van der Waals surface area contributed by atoms with Crippen molar-refractivity contribution >= 4 is 17.5 Å². The number of likely N-dealkylation sites (N-methyl/N-ethyl adjacent to an activating group) is 1. The molecule has 0 radical (unpaired) electrons. The summed E-state index contributed by atoms with van der Waals surface area (Å²) in [5, 5.41) is 2.74. The minimum atomic E-state index is -0.546. The molecular formula is C14H20FN3O2. The highest BCUT2D eigenvalue weighted by atomic mass is 19.1. The van der Waals surface area contributed by atoms with E-state index in [-0.39, 0.29) is 29.2 Å². The number of hydrogen-bond donors (Lipinski definition) is 2. The van der Waals surface area contributed by atoms with Crippen LogP contribution in [0.25, 0.3) is 0 Å². The molecule has 110 valence electrons. The van der Waals surface area contributed by atoms with E-state index < -0.39 is 11.7 Å². The van der Waals surface area contributed by atoms with E-state index in [0.717, 1.165) is 6.07 Å². The molecule has 0 atom stereocenters. The predicted molar refractivity (Wildman–Crippen MR) is 75.7 cm³/mol. The summed E-state index contributed by atoms with van der Waals surface area (Å²) in [5.41, 5.74) is 5.50. The van der Waals surface area contributed by atoms with Crippen molar-refractivity contribution in [3.8, 4) is 0 Å². The van der Waals surface area contributed by atoms with Crippen LogP contribution in [0.1, 0.15) is 31.1 Å². The van der Waals surface area contributed by atoms with Gasteiger partial charge in [0.15, 0.2) is 0 Å². The van der Waals surface area contributed by atoms with Crippen LogP contribution < -0.4 is 11.1 Å². The van der Waals surface area contributed by atoms with Crippen LogP contribution >= 0.6 is 0 Å². The Hall–Kier alpha value is -2.11. The van der Waals surface area contributed by atoms with E-state index in [1.54, 1.807) is 0 Å². The first kappa shape index (κ1) is 15.9. The fourth-order valence-electron chi connectivity index (χ4n) is 1.66. The summed E-state index contributed by atoms with van der Waals surface area (Å²) in [6.07, 6.45) is 0. The third kappa shape index (κ3) is 4.53. The zero-order valence-corrected chi connectivity index (χ0v) is 12.2. The van der Waals surface area contributed by atoms with E-state index in [4.69, 9.17) is 5.73 Å². The number of carbonyl (C=O) groups excluding carboxylic acids is 2. The van der Waals surface area contributed by atoms with Gasteiger partial charge >= 0.3 is 0 Å². The molecule has 1 rings (SSSR count). The first-order valence-electron chi connectivity index (χ1n) is 6.21. The Morgan fingerprint density at radius 2 is 1.95 bits per heavy atom. The normalized spacial score (nSPS) is 11.1. The van der Waals surface area contributed by atoms with Crippen LogP contribution in [-0.2, 0) is 4.79 Å². The quantitative estimate of drug-likeness (QED) is 0.822. The molecule has 0 aliphatic rings. The Kier molecular flexibility index (Phi) is 4.70. The van der Waals surface area contributed by atoms with Crippen molar-refractivity contribution in [2.75, 3.05) is 19.3 Å². The Bertz CT molecular complexity index is 524. The maximum Gasteiger partial charge on any atom is 0.256 e. The minimum Gasteiger partial charge on any atom is -0.398 e. The minimum absolute atomic E-state index is 0.0519. The van der Waals surface area contributed by atoms with Crippen LogP contribution in [0.2, 0.25) is 0 Å². The van der Waals surface area contributed by atoms with Gasteiger partial charge in [-0.3, -0.25) is 9.59 Å². The summed E-state index contributed by atoms with van der Waals surface area (Å²) in [4.78, 5) is 25.1. The van der Waals surface area contributed by atoms with Crippen molar-refractivity contribution < 1.29 is 14.0 Å². The smallest absolute Gasteiger partial charge is 0.256 e. The van der Waals surface area contributed by atoms with E-state index in [9.17, 15) is 14.0 Å². The molecule has 20 heavy (non-hydrogen) atoms. The van der Waals surface area contributed by atoms with E-state index in [2.05, 4.69) is 5.32 Å². The van der Waals surface area contributed by atoms with E-state index >= 15 is 0 Å². The third-order valence-electron chi connectivity index (χ3n) is 2.49. The van der Waals surface area contributed by atoms with Crippen LogP contribution in [-0.4, -0.2) is 35.8 Å². The molecule has 0 aliphatic heterocycles. The highest BCUT2D eigenvalue weighted by molar-refractivity contribution is 6.00. The summed E-state index contributed by atoms with van der Waals surface area (Å²) >= 11 is 0. The number of benzene rings is 1. The Morgan fingerprint density at radius 3 is 2.50 bits per heavy atom. The first-order chi connectivity index (χ1) is 9.10. The lowest BCUT2D eigenvalue weighted by Crippen LogP contribution is -2.46. The first-order valence-corrected chi connectivity index (χ1v) is 6.21. The maximum absolute atomic E-state index is 13.2. The zero-order valence-electron chi connectivity index (χ0n) is 12.2. The summed E-state index contributed by atoms with van der Waals surface area (Å²) < 4.78 is 13.2. The maximum atomic E-state index is 13.2. The zero-order chi connectivity index (χ0) is 15.5. The van der Waals surface area contributed by atoms with E-state index in [1.807, 2.05) is 20.8 Å². The highest BCUT2D eigenvalue weighted by Gasteiger charge is 2.20. The molecule has 2 amide bonds. The molecule has 5 nitrogen and oxygen atoms in total. The van der Waals surface area contributed by atoms with Crippen LogP contribution in [0.4, 0.5) is 10.1 Å². The second kappa shape index (κ2) is 5.90. The van der Waals surface area contributed by atoms with Crippen molar-refractivity contribution in [3.05, 3.63) is 29.6 Å². The van der Waals surface area contributed by atoms with Gasteiger partial charge in [-0.15, -0.1) is 0 Å². The average molecular weight is 281 g/mol. The lowest BCUT2D eigenvalue weighted by Gasteiger charge is -2.23. The topological polar surface area (TPSA) is 75.4 Å². The molecule has 6 heteroatoms. The number of carbonyl (C=O) groups is 2. The molecule has 0 saturated heterocycles. The molecule has 0 saturated carbocycles. The van der Waals surface area contributed by atoms with Crippen LogP contribution in [0.5, 0.6) is 0 Å². The number of anilines is 1. The molecule has 0 spiro atoms. The molecule has 1 aromatic carbocycles. The second-order valence-electron chi connectivity index (χ2n) is 5.69. The van der Waals surface area contributed by atoms with Gasteiger partial charge in [0.25, 0.3) is 5.91 Å². The fraction of sp³-hybridized carbons (Fsp3) is 0.429. The molecule has 0 fully saturated rings. The number of nitrogens with two attached hydrogens (primary N) is 1. The monoisotopic (exact) mass is 281 g/mol. The Morgan fingerprint density at radius 1 is 1.35 bits per heavy atom. The average Bonchev–Trinajstić information content (AvgIpc) is 2.28. The number of nitrogen functional groups attached to an aromatic ring is 1. The van der Waals surface area contributed by atoms with Gasteiger partial charge in [-0.05, 0) is 39.0 Å². The Labute approximate surface area is 117 Å². The van der Waals surface area contributed by atoms with Crippen molar-refractivity contribution in [1.82, 2.24) is 10.2 Å². The molecule has 0 unspecified atom stereocenters. The van der Waals surface area contributed by atoms with Gasteiger partial charge in [-0.2, -0.15) is 0 Å². The van der Waals surface area contributed by atoms with Gasteiger partial charge in [-0.25, -0.2) is 4.39 Å². The number of nitrogens with one attached hydrogen (secondary N) is 1. The number of rotatable bonds is 3. The summed E-state index contributed by atoms with van der Waals surface area (Å²) in [6, 6.07) is 3.57. The summed E-state index contributed by atoms with van der Waals surface area (Å²) in [7, 11) is 1.47. The second-order valence-corrected chi connectivity index (χ2v) is 5.69. The van der Waals surface area contributed by atoms with Crippen molar-refractivity contribution in [2.24, 2.45) is 0 Å². The van der Waals surface area contributed by atoms with E-state index in [1.165, 1.54) is 24.1 Å². The van der Waals surface area contributed by atoms with Crippen LogP contribution in [0, 0.1) is 5.82 Å². The fourth-order valence-corrected chi connectivity index (χ4v) is 1.66. The Balaban J connectivity index is 2.77. The molecular weight excluding hydrogens is 261 g/mol. The van der Waals surface area contributed by atoms with Crippen molar-refractivity contribution in [1.29, 1.82) is 0 Å². The molecule has 0 bridgehead atoms. The standard InChI is InChI=1S/C14H20FN3O2/c1-14(2,3)17-12(19)8-18(4)13(20)10-7-9(15)5-6-11(10)16/h5-7H,8,16H2,1-4H3,(H,17,19). The van der Waals surface area contributed by atoms with Crippen molar-refractivity contribution in [2.45, 2.75) is 26.3 Å². The largest absolute Gasteiger partial charge is 0.398 e. The van der Waals surface area contributed by atoms with E-state index in [0.29, 0.717) is 0 Å². The van der Waals surface area contributed by atoms with Gasteiger partial charge in [0.05, 0.1) is 12.1 Å². The van der Waals surface area contributed by atoms with Crippen LogP contribution in [0.3, 0.4) is 0 Å². The van der Waals surface area contributed by atoms with Crippen LogP contribution in [0.15, 0.2) is 18.2 Å². The highest BCUT2D eigenvalue weighted by Crippen LogP contribution is 2.15. The lowest BCUT2D eigenvalue weighted by atomic mass is 10.1. The molecule has 3 N–H and O–H groups in total. The number of halogens is 1. The van der Waals surface area contributed by atoms with Crippen molar-refractivity contribution in [3.63, 3.8) is 0 Å². The molecule has 0 heterocycles. The van der Waals surface area contributed by atoms with Gasteiger partial charge in [-0.1, -0.05) is 0 Å². The van der Waals surface area contributed by atoms with Gasteiger partial charge < -0.3 is 16.0 Å². The number of nitrogens with zero attached hydrogens (tertiary/aromatic N) is 1. The van der Waals surface area contributed by atoms with Gasteiger partial charge in [0.2, 0.25) is 5.91 Å². The molecule has 1 aromatic rings. The summed E-state index contributed by atoms with van der Waals surface area (Å²) in [6.45, 7) is 5.41. The number of hydrogen-bond acceptors (Lipinski definition) is 3. The lowest BCUT2D eigenvalue weighted by molar-refractivity contribution is -0.122. The molecule has 0 aliphatic carbocycles.